The molecule has 0 aliphatic heterocycles. The van der Waals surface area contributed by atoms with Crippen LogP contribution in [0, 0.1) is 0 Å². The zero-order valence-corrected chi connectivity index (χ0v) is 15.3. The van der Waals surface area contributed by atoms with Crippen LogP contribution in [0.3, 0.4) is 0 Å². The topological polar surface area (TPSA) is 53.9 Å². The van der Waals surface area contributed by atoms with Crippen LogP contribution in [0.5, 0.6) is 0 Å². The SMILES string of the molecule is CCN(CC)CCNc1nc2ccc(Cl)cc2nc1-c1ccccn1. The van der Waals surface area contributed by atoms with Gasteiger partial charge in [-0.05, 0) is 43.4 Å². The van der Waals surface area contributed by atoms with E-state index in [1.54, 1.807) is 6.20 Å². The number of pyridine rings is 1. The predicted octanol–water partition coefficient (Wildman–Crippen LogP) is 4.10. The molecule has 0 aliphatic rings. The van der Waals surface area contributed by atoms with E-state index in [1.165, 1.54) is 0 Å². The second-order valence-corrected chi connectivity index (χ2v) is 6.16. The Morgan fingerprint density at radius 1 is 1.04 bits per heavy atom. The summed E-state index contributed by atoms with van der Waals surface area (Å²) in [6.45, 7) is 8.16. The number of likely N-dealkylation sites (N-methyl/N-ethyl adjacent to an activating group) is 1. The van der Waals surface area contributed by atoms with Crippen LogP contribution in [0.4, 0.5) is 5.82 Å². The average Bonchev–Trinajstić information content (AvgIpc) is 2.65. The van der Waals surface area contributed by atoms with Crippen molar-refractivity contribution in [1.29, 1.82) is 0 Å². The number of nitrogens with zero attached hydrogens (tertiary/aromatic N) is 4. The number of fused-ring (bicyclic) bond motifs is 1. The van der Waals surface area contributed by atoms with E-state index in [2.05, 4.69) is 29.0 Å². The lowest BCUT2D eigenvalue weighted by molar-refractivity contribution is 0.316. The van der Waals surface area contributed by atoms with Crippen LogP contribution in [0.25, 0.3) is 22.4 Å². The molecule has 3 aromatic rings. The Morgan fingerprint density at radius 3 is 2.60 bits per heavy atom. The zero-order valence-electron chi connectivity index (χ0n) is 14.5. The van der Waals surface area contributed by atoms with Gasteiger partial charge in [0.15, 0.2) is 5.82 Å². The third-order valence-electron chi connectivity index (χ3n) is 4.15. The summed E-state index contributed by atoms with van der Waals surface area (Å²) in [6, 6.07) is 11.3. The van der Waals surface area contributed by atoms with E-state index < -0.39 is 0 Å². The smallest absolute Gasteiger partial charge is 0.155 e. The van der Waals surface area contributed by atoms with Crippen LogP contribution in [0.1, 0.15) is 13.8 Å². The third-order valence-corrected chi connectivity index (χ3v) is 4.38. The summed E-state index contributed by atoms with van der Waals surface area (Å²) in [5, 5.41) is 4.08. The van der Waals surface area contributed by atoms with Crippen LogP contribution in [0.15, 0.2) is 42.6 Å². The Balaban J connectivity index is 1.95. The van der Waals surface area contributed by atoms with E-state index in [9.17, 15) is 0 Å². The average molecular weight is 356 g/mol. The summed E-state index contributed by atoms with van der Waals surface area (Å²) in [4.78, 5) is 16.3. The molecule has 1 N–H and O–H groups in total. The summed E-state index contributed by atoms with van der Waals surface area (Å²) in [5.74, 6) is 0.751. The molecule has 2 aromatic heterocycles. The molecule has 0 fully saturated rings. The van der Waals surface area contributed by atoms with Crippen molar-refractivity contribution in [3.8, 4) is 11.4 Å². The summed E-state index contributed by atoms with van der Waals surface area (Å²) >= 11 is 6.10. The first-order chi connectivity index (χ1) is 12.2. The summed E-state index contributed by atoms with van der Waals surface area (Å²) in [7, 11) is 0. The molecular formula is C19H22ClN5. The Bertz CT molecular complexity index is 834. The molecule has 130 valence electrons. The summed E-state index contributed by atoms with van der Waals surface area (Å²) < 4.78 is 0. The first kappa shape index (κ1) is 17.6. The van der Waals surface area contributed by atoms with Gasteiger partial charge in [-0.15, -0.1) is 0 Å². The van der Waals surface area contributed by atoms with E-state index in [0.717, 1.165) is 54.4 Å². The van der Waals surface area contributed by atoms with Crippen molar-refractivity contribution in [2.45, 2.75) is 13.8 Å². The Hall–Kier alpha value is -2.24. The molecule has 6 heteroatoms. The molecule has 0 spiro atoms. The molecule has 0 amide bonds. The van der Waals surface area contributed by atoms with Gasteiger partial charge in [0.2, 0.25) is 0 Å². The highest BCUT2D eigenvalue weighted by atomic mass is 35.5. The molecule has 0 saturated carbocycles. The second kappa shape index (κ2) is 8.23. The molecule has 1 aromatic carbocycles. The minimum Gasteiger partial charge on any atom is -0.367 e. The highest BCUT2D eigenvalue weighted by Gasteiger charge is 2.12. The number of benzene rings is 1. The molecule has 2 heterocycles. The van der Waals surface area contributed by atoms with Gasteiger partial charge in [-0.1, -0.05) is 31.5 Å². The Labute approximate surface area is 153 Å². The molecular weight excluding hydrogens is 334 g/mol. The van der Waals surface area contributed by atoms with E-state index >= 15 is 0 Å². The van der Waals surface area contributed by atoms with Gasteiger partial charge >= 0.3 is 0 Å². The fourth-order valence-corrected chi connectivity index (χ4v) is 2.87. The van der Waals surface area contributed by atoms with Crippen LogP contribution >= 0.6 is 11.6 Å². The van der Waals surface area contributed by atoms with Gasteiger partial charge in [0.05, 0.1) is 16.7 Å². The molecule has 0 radical (unpaired) electrons. The minimum absolute atomic E-state index is 0.649. The fourth-order valence-electron chi connectivity index (χ4n) is 2.70. The van der Waals surface area contributed by atoms with E-state index in [-0.39, 0.29) is 0 Å². The fraction of sp³-hybridized carbons (Fsp3) is 0.316. The molecule has 0 unspecified atom stereocenters. The molecule has 25 heavy (non-hydrogen) atoms. The van der Waals surface area contributed by atoms with Gasteiger partial charge in [0, 0.05) is 24.3 Å². The first-order valence-electron chi connectivity index (χ1n) is 8.56. The van der Waals surface area contributed by atoms with Crippen LogP contribution in [-0.2, 0) is 0 Å². The first-order valence-corrected chi connectivity index (χ1v) is 8.94. The van der Waals surface area contributed by atoms with Crippen molar-refractivity contribution < 1.29 is 0 Å². The zero-order chi connectivity index (χ0) is 17.6. The largest absolute Gasteiger partial charge is 0.367 e. The quantitative estimate of drug-likeness (QED) is 0.691. The van der Waals surface area contributed by atoms with Gasteiger partial charge in [0.1, 0.15) is 5.69 Å². The Morgan fingerprint density at radius 2 is 1.88 bits per heavy atom. The van der Waals surface area contributed by atoms with Crippen LogP contribution in [-0.4, -0.2) is 46.0 Å². The highest BCUT2D eigenvalue weighted by Crippen LogP contribution is 2.26. The number of rotatable bonds is 7. The Kier molecular flexibility index (Phi) is 5.79. The van der Waals surface area contributed by atoms with Gasteiger partial charge in [-0.25, -0.2) is 9.97 Å². The maximum absolute atomic E-state index is 6.10. The molecule has 0 aliphatic carbocycles. The standard InChI is InChI=1S/C19H22ClN5/c1-3-25(4-2)12-11-22-19-18(16-7-5-6-10-21-16)23-17-13-14(20)8-9-15(17)24-19/h5-10,13H,3-4,11-12H2,1-2H3,(H,22,24). The van der Waals surface area contributed by atoms with E-state index in [4.69, 9.17) is 21.6 Å². The van der Waals surface area contributed by atoms with Gasteiger partial charge < -0.3 is 10.2 Å². The lowest BCUT2D eigenvalue weighted by Gasteiger charge is -2.19. The lowest BCUT2D eigenvalue weighted by atomic mass is 10.2. The van der Waals surface area contributed by atoms with Crippen molar-refractivity contribution in [2.24, 2.45) is 0 Å². The number of nitrogens with one attached hydrogen (secondary N) is 1. The van der Waals surface area contributed by atoms with Crippen molar-refractivity contribution >= 4 is 28.5 Å². The monoisotopic (exact) mass is 355 g/mol. The number of anilines is 1. The third kappa shape index (κ3) is 4.24. The molecule has 5 nitrogen and oxygen atoms in total. The predicted molar refractivity (Wildman–Crippen MR) is 104 cm³/mol. The molecule has 0 saturated heterocycles. The number of halogens is 1. The van der Waals surface area contributed by atoms with Crippen LogP contribution in [0.2, 0.25) is 5.02 Å². The van der Waals surface area contributed by atoms with Crippen molar-refractivity contribution in [2.75, 3.05) is 31.5 Å². The molecule has 0 bridgehead atoms. The number of aromatic nitrogens is 3. The van der Waals surface area contributed by atoms with Crippen molar-refractivity contribution in [1.82, 2.24) is 19.9 Å². The van der Waals surface area contributed by atoms with Crippen molar-refractivity contribution in [3.63, 3.8) is 0 Å². The van der Waals surface area contributed by atoms with E-state index in [1.807, 2.05) is 36.4 Å². The summed E-state index contributed by atoms with van der Waals surface area (Å²) in [5.41, 5.74) is 3.12. The van der Waals surface area contributed by atoms with Gasteiger partial charge in [-0.2, -0.15) is 0 Å². The lowest BCUT2D eigenvalue weighted by Crippen LogP contribution is -2.29. The molecule has 3 rings (SSSR count). The maximum atomic E-state index is 6.10. The maximum Gasteiger partial charge on any atom is 0.155 e. The highest BCUT2D eigenvalue weighted by molar-refractivity contribution is 6.31. The van der Waals surface area contributed by atoms with Gasteiger partial charge in [0.25, 0.3) is 0 Å². The number of hydrogen-bond acceptors (Lipinski definition) is 5. The molecule has 0 atom stereocenters. The normalized spacial score (nSPS) is 11.2. The second-order valence-electron chi connectivity index (χ2n) is 5.72. The van der Waals surface area contributed by atoms with E-state index in [0.29, 0.717) is 5.02 Å². The number of hydrogen-bond donors (Lipinski definition) is 1. The summed E-state index contributed by atoms with van der Waals surface area (Å²) in [6.07, 6.45) is 1.76. The minimum atomic E-state index is 0.649. The van der Waals surface area contributed by atoms with Gasteiger partial charge in [-0.3, -0.25) is 4.98 Å². The van der Waals surface area contributed by atoms with Crippen molar-refractivity contribution in [3.05, 3.63) is 47.6 Å². The van der Waals surface area contributed by atoms with Crippen LogP contribution < -0.4 is 5.32 Å².